The quantitative estimate of drug-likeness (QED) is 0.0447. The van der Waals surface area contributed by atoms with Gasteiger partial charge in [-0.3, -0.25) is 4.79 Å². The van der Waals surface area contributed by atoms with E-state index >= 15 is 0 Å². The number of ether oxygens (including phenoxy) is 7. The van der Waals surface area contributed by atoms with Gasteiger partial charge in [0.2, 0.25) is 10.0 Å². The summed E-state index contributed by atoms with van der Waals surface area (Å²) in [4.78, 5) is 15.1. The highest BCUT2D eigenvalue weighted by Gasteiger charge is 2.17. The van der Waals surface area contributed by atoms with Crippen molar-refractivity contribution in [2.45, 2.75) is 11.8 Å². The number of carbonyl (C=O) groups is 1. The molecular formula is C32H47F2N5O10S. The van der Waals surface area contributed by atoms with E-state index in [1.54, 1.807) is 0 Å². The number of hydrogen-bond acceptors (Lipinski definition) is 11. The van der Waals surface area contributed by atoms with Crippen molar-refractivity contribution in [1.82, 2.24) is 10.0 Å². The molecule has 1 amide bonds. The summed E-state index contributed by atoms with van der Waals surface area (Å²) in [5.74, 6) is -4.03. The number of amides is 1. The standard InChI is InChI=1S/C32H47F2N5O10S/c1-24(31(40)39-32(35)36)21-25-22-28(33)30(29(34)23-25)49-26-3-5-27(6-4-26)50(41,42)38-8-10-44-12-14-46-16-18-48-20-19-47-17-15-45-13-11-43-9-7-37-2/h3-6,21-23,37-38H,7-20H2,1-2H3,(H4,35,36,39,40)/b24-21+. The molecule has 2 rings (SSSR count). The summed E-state index contributed by atoms with van der Waals surface area (Å²) in [5, 5.41) is 2.99. The maximum Gasteiger partial charge on any atom is 0.275 e. The summed E-state index contributed by atoms with van der Waals surface area (Å²) in [6.07, 6.45) is 1.21. The van der Waals surface area contributed by atoms with Crippen LogP contribution in [-0.4, -0.2) is 120 Å². The van der Waals surface area contributed by atoms with Crippen molar-refractivity contribution in [1.29, 1.82) is 0 Å². The fourth-order valence-electron chi connectivity index (χ4n) is 3.79. The highest BCUT2D eigenvalue weighted by atomic mass is 32.2. The second kappa shape index (κ2) is 24.5. The van der Waals surface area contributed by atoms with Crippen molar-refractivity contribution in [2.24, 2.45) is 16.5 Å². The molecule has 6 N–H and O–H groups in total. The first-order valence-electron chi connectivity index (χ1n) is 15.7. The molecule has 280 valence electrons. The smallest absolute Gasteiger partial charge is 0.275 e. The predicted octanol–water partition coefficient (Wildman–Crippen LogP) is 1.56. The van der Waals surface area contributed by atoms with Crippen LogP contribution in [0.15, 0.2) is 51.9 Å². The van der Waals surface area contributed by atoms with E-state index in [0.29, 0.717) is 66.1 Å². The van der Waals surface area contributed by atoms with Crippen molar-refractivity contribution < 1.29 is 55.2 Å². The van der Waals surface area contributed by atoms with Crippen LogP contribution in [0.2, 0.25) is 0 Å². The van der Waals surface area contributed by atoms with Gasteiger partial charge in [0.15, 0.2) is 23.3 Å². The molecule has 0 spiro atoms. The number of guanidine groups is 1. The number of benzene rings is 2. The summed E-state index contributed by atoms with van der Waals surface area (Å²) < 4.78 is 94.6. The van der Waals surface area contributed by atoms with Crippen LogP contribution < -0.4 is 26.2 Å². The molecule has 0 aromatic heterocycles. The fraction of sp³-hybridized carbons (Fsp3) is 0.500. The Morgan fingerprint density at radius 3 is 1.64 bits per heavy atom. The Kier molecular flexibility index (Phi) is 20.9. The molecule has 0 fully saturated rings. The molecule has 2 aromatic rings. The van der Waals surface area contributed by atoms with Gasteiger partial charge in [-0.15, -0.1) is 0 Å². The monoisotopic (exact) mass is 731 g/mol. The van der Waals surface area contributed by atoms with E-state index in [1.165, 1.54) is 37.3 Å². The van der Waals surface area contributed by atoms with Crippen molar-refractivity contribution in [3.05, 3.63) is 59.2 Å². The Bertz CT molecular complexity index is 1440. The lowest BCUT2D eigenvalue weighted by molar-refractivity contribution is -0.114. The molecular weight excluding hydrogens is 684 g/mol. The number of aliphatic imine (C=N–C) groups is 1. The van der Waals surface area contributed by atoms with Crippen LogP contribution in [0.25, 0.3) is 6.08 Å². The lowest BCUT2D eigenvalue weighted by Crippen LogP contribution is -2.27. The van der Waals surface area contributed by atoms with E-state index in [9.17, 15) is 22.0 Å². The summed E-state index contributed by atoms with van der Waals surface area (Å²) in [6.45, 7) is 7.21. The van der Waals surface area contributed by atoms with Gasteiger partial charge in [0.25, 0.3) is 5.91 Å². The minimum atomic E-state index is -3.89. The summed E-state index contributed by atoms with van der Waals surface area (Å²) in [5.41, 5.74) is 10.4. The zero-order chi connectivity index (χ0) is 36.6. The summed E-state index contributed by atoms with van der Waals surface area (Å²) >= 11 is 0. The molecule has 0 saturated heterocycles. The number of sulfonamides is 1. The van der Waals surface area contributed by atoms with Gasteiger partial charge in [-0.2, -0.15) is 4.99 Å². The molecule has 0 atom stereocenters. The number of nitrogens with two attached hydrogens (primary N) is 2. The third kappa shape index (κ3) is 17.9. The second-order valence-corrected chi connectivity index (χ2v) is 12.0. The lowest BCUT2D eigenvalue weighted by atomic mass is 10.1. The van der Waals surface area contributed by atoms with Crippen LogP contribution in [0.5, 0.6) is 11.5 Å². The molecule has 50 heavy (non-hydrogen) atoms. The normalized spacial score (nSPS) is 11.9. The van der Waals surface area contributed by atoms with E-state index in [1.807, 2.05) is 7.05 Å². The molecule has 0 unspecified atom stereocenters. The SMILES string of the molecule is CNCCOCCOCCOCCOCCOCCOCCNS(=O)(=O)c1ccc(Oc2c(F)cc(/C=C(\C)C(=O)N=C(N)N)cc2F)cc1. The van der Waals surface area contributed by atoms with Crippen molar-refractivity contribution >= 4 is 28.0 Å². The van der Waals surface area contributed by atoms with Crippen LogP contribution in [-0.2, 0) is 43.2 Å². The largest absolute Gasteiger partial charge is 0.451 e. The molecule has 0 aliphatic rings. The number of nitrogens with zero attached hydrogens (tertiary/aromatic N) is 1. The van der Waals surface area contributed by atoms with Gasteiger partial charge in [0.1, 0.15) is 5.75 Å². The predicted molar refractivity (Wildman–Crippen MR) is 181 cm³/mol. The topological polar surface area (TPSA) is 204 Å². The molecule has 0 radical (unpaired) electrons. The molecule has 2 aromatic carbocycles. The number of likely N-dealkylation sites (N-methyl/N-ethyl adjacent to an activating group) is 1. The molecule has 15 nitrogen and oxygen atoms in total. The average molecular weight is 732 g/mol. The second-order valence-electron chi connectivity index (χ2n) is 10.2. The Morgan fingerprint density at radius 2 is 1.20 bits per heavy atom. The lowest BCUT2D eigenvalue weighted by Gasteiger charge is -2.11. The van der Waals surface area contributed by atoms with Crippen LogP contribution >= 0.6 is 0 Å². The van der Waals surface area contributed by atoms with Gasteiger partial charge in [-0.25, -0.2) is 21.9 Å². The van der Waals surface area contributed by atoms with Gasteiger partial charge in [-0.1, -0.05) is 0 Å². The molecule has 0 heterocycles. The fourth-order valence-corrected chi connectivity index (χ4v) is 4.80. The molecule has 0 saturated carbocycles. The number of nitrogens with one attached hydrogen (secondary N) is 2. The molecule has 0 aliphatic heterocycles. The summed E-state index contributed by atoms with van der Waals surface area (Å²) in [6, 6.07) is 6.88. The molecule has 0 bridgehead atoms. The van der Waals surface area contributed by atoms with Crippen LogP contribution in [0.4, 0.5) is 8.78 Å². The van der Waals surface area contributed by atoms with Gasteiger partial charge in [0.05, 0.1) is 84.2 Å². The first-order valence-corrected chi connectivity index (χ1v) is 17.2. The van der Waals surface area contributed by atoms with Gasteiger partial charge < -0.3 is 49.9 Å². The van der Waals surface area contributed by atoms with Crippen LogP contribution in [0, 0.1) is 11.6 Å². The van der Waals surface area contributed by atoms with Crippen LogP contribution in [0.3, 0.4) is 0 Å². The Hall–Kier alpha value is -3.59. The number of halogens is 2. The van der Waals surface area contributed by atoms with Crippen LogP contribution in [0.1, 0.15) is 12.5 Å². The van der Waals surface area contributed by atoms with Crippen molar-refractivity contribution in [3.8, 4) is 11.5 Å². The van der Waals surface area contributed by atoms with E-state index in [4.69, 9.17) is 44.6 Å². The van der Waals surface area contributed by atoms with E-state index in [0.717, 1.165) is 18.7 Å². The van der Waals surface area contributed by atoms with Crippen molar-refractivity contribution in [2.75, 3.05) is 99.4 Å². The number of carbonyl (C=O) groups excluding carboxylic acids is 1. The highest BCUT2D eigenvalue weighted by Crippen LogP contribution is 2.30. The minimum absolute atomic E-state index is 0.00737. The van der Waals surface area contributed by atoms with E-state index in [-0.39, 0.29) is 41.5 Å². The highest BCUT2D eigenvalue weighted by molar-refractivity contribution is 7.89. The zero-order valence-electron chi connectivity index (χ0n) is 28.3. The zero-order valence-corrected chi connectivity index (χ0v) is 29.1. The van der Waals surface area contributed by atoms with E-state index < -0.39 is 39.3 Å². The van der Waals surface area contributed by atoms with Gasteiger partial charge >= 0.3 is 0 Å². The van der Waals surface area contributed by atoms with Gasteiger partial charge in [-0.05, 0) is 62.0 Å². The third-order valence-corrected chi connectivity index (χ3v) is 7.70. The Balaban J connectivity index is 1.58. The van der Waals surface area contributed by atoms with E-state index in [2.05, 4.69) is 15.0 Å². The first-order chi connectivity index (χ1) is 24.0. The summed E-state index contributed by atoms with van der Waals surface area (Å²) in [7, 11) is -2.02. The molecule has 18 heteroatoms. The van der Waals surface area contributed by atoms with Crippen molar-refractivity contribution in [3.63, 3.8) is 0 Å². The minimum Gasteiger partial charge on any atom is -0.451 e. The third-order valence-electron chi connectivity index (χ3n) is 6.22. The maximum absolute atomic E-state index is 14.7. The number of hydrogen-bond donors (Lipinski definition) is 4. The average Bonchev–Trinajstić information content (AvgIpc) is 3.07. The maximum atomic E-state index is 14.7. The number of rotatable bonds is 27. The molecule has 0 aliphatic carbocycles. The Morgan fingerprint density at radius 1 is 0.760 bits per heavy atom. The first kappa shape index (κ1) is 42.6. The Labute approximate surface area is 291 Å². The van der Waals surface area contributed by atoms with Gasteiger partial charge in [0, 0.05) is 18.7 Å².